The largest absolute Gasteiger partial charge is 0.493 e. The van der Waals surface area contributed by atoms with E-state index < -0.39 is 0 Å². The van der Waals surface area contributed by atoms with E-state index in [9.17, 15) is 4.79 Å². The molecule has 0 fully saturated rings. The minimum atomic E-state index is -0.228. The van der Waals surface area contributed by atoms with E-state index in [0.29, 0.717) is 35.8 Å². The SMILES string of the molecule is COc1ccc(-c2nn(-c3ccccc3)cc2C(=O)NCc2cccc(Cn3cncn3)c2)cc1OC. The van der Waals surface area contributed by atoms with Crippen molar-refractivity contribution in [1.29, 1.82) is 0 Å². The van der Waals surface area contributed by atoms with E-state index in [0.717, 1.165) is 22.4 Å². The van der Waals surface area contributed by atoms with Crippen LogP contribution in [0.5, 0.6) is 11.5 Å². The Morgan fingerprint density at radius 2 is 1.73 bits per heavy atom. The van der Waals surface area contributed by atoms with Gasteiger partial charge in [-0.1, -0.05) is 42.5 Å². The van der Waals surface area contributed by atoms with Crippen molar-refractivity contribution < 1.29 is 14.3 Å². The number of hydrogen-bond donors (Lipinski definition) is 1. The number of amides is 1. The summed E-state index contributed by atoms with van der Waals surface area (Å²) in [6, 6.07) is 23.2. The van der Waals surface area contributed by atoms with E-state index >= 15 is 0 Å². The maximum absolute atomic E-state index is 13.4. The first kappa shape index (κ1) is 23.8. The summed E-state index contributed by atoms with van der Waals surface area (Å²) in [5.74, 6) is 0.934. The molecule has 0 atom stereocenters. The van der Waals surface area contributed by atoms with Crippen LogP contribution in [0.25, 0.3) is 16.9 Å². The van der Waals surface area contributed by atoms with Crippen LogP contribution >= 0.6 is 0 Å². The van der Waals surface area contributed by atoms with Crippen LogP contribution in [-0.4, -0.2) is 44.7 Å². The molecule has 0 aliphatic heterocycles. The Balaban J connectivity index is 1.42. The minimum absolute atomic E-state index is 0.228. The summed E-state index contributed by atoms with van der Waals surface area (Å²) < 4.78 is 14.3. The van der Waals surface area contributed by atoms with E-state index in [-0.39, 0.29) is 5.91 Å². The summed E-state index contributed by atoms with van der Waals surface area (Å²) >= 11 is 0. The number of aromatic nitrogens is 5. The number of hydrogen-bond acceptors (Lipinski definition) is 6. The monoisotopic (exact) mass is 494 g/mol. The molecule has 0 aliphatic rings. The van der Waals surface area contributed by atoms with Crippen molar-refractivity contribution in [3.63, 3.8) is 0 Å². The molecular formula is C28H26N6O3. The van der Waals surface area contributed by atoms with Crippen molar-refractivity contribution in [2.75, 3.05) is 14.2 Å². The minimum Gasteiger partial charge on any atom is -0.493 e. The highest BCUT2D eigenvalue weighted by Gasteiger charge is 2.20. The summed E-state index contributed by atoms with van der Waals surface area (Å²) in [4.78, 5) is 17.4. The van der Waals surface area contributed by atoms with Gasteiger partial charge < -0.3 is 14.8 Å². The smallest absolute Gasteiger partial charge is 0.255 e. The van der Waals surface area contributed by atoms with Gasteiger partial charge in [-0.3, -0.25) is 4.79 Å². The average molecular weight is 495 g/mol. The maximum atomic E-state index is 13.4. The predicted molar refractivity (Wildman–Crippen MR) is 139 cm³/mol. The molecular weight excluding hydrogens is 468 g/mol. The Morgan fingerprint density at radius 1 is 0.919 bits per heavy atom. The molecule has 2 aromatic heterocycles. The average Bonchev–Trinajstić information content (AvgIpc) is 3.62. The quantitative estimate of drug-likeness (QED) is 0.331. The number of para-hydroxylation sites is 1. The molecule has 1 amide bonds. The lowest BCUT2D eigenvalue weighted by Gasteiger charge is -2.10. The maximum Gasteiger partial charge on any atom is 0.255 e. The van der Waals surface area contributed by atoms with E-state index in [4.69, 9.17) is 14.6 Å². The molecule has 9 nitrogen and oxygen atoms in total. The van der Waals surface area contributed by atoms with E-state index in [2.05, 4.69) is 15.4 Å². The molecule has 0 spiro atoms. The molecule has 5 rings (SSSR count). The highest BCUT2D eigenvalue weighted by Crippen LogP contribution is 2.33. The lowest BCUT2D eigenvalue weighted by molar-refractivity contribution is 0.0951. The number of rotatable bonds is 9. The van der Waals surface area contributed by atoms with Crippen molar-refractivity contribution in [2.45, 2.75) is 13.1 Å². The fraction of sp³-hybridized carbons (Fsp3) is 0.143. The highest BCUT2D eigenvalue weighted by atomic mass is 16.5. The highest BCUT2D eigenvalue weighted by molar-refractivity contribution is 6.00. The summed E-state index contributed by atoms with van der Waals surface area (Å²) in [7, 11) is 3.16. The van der Waals surface area contributed by atoms with Crippen LogP contribution in [0.2, 0.25) is 0 Å². The third-order valence-corrected chi connectivity index (χ3v) is 5.89. The number of benzene rings is 3. The van der Waals surface area contributed by atoms with E-state index in [1.54, 1.807) is 42.2 Å². The lowest BCUT2D eigenvalue weighted by atomic mass is 10.1. The molecule has 0 unspecified atom stereocenters. The molecule has 3 aromatic carbocycles. The normalized spacial score (nSPS) is 10.8. The van der Waals surface area contributed by atoms with Gasteiger partial charge in [-0.15, -0.1) is 0 Å². The van der Waals surface area contributed by atoms with Crippen molar-refractivity contribution in [3.05, 3.63) is 108 Å². The van der Waals surface area contributed by atoms with Gasteiger partial charge >= 0.3 is 0 Å². The first-order valence-electron chi connectivity index (χ1n) is 11.7. The van der Waals surface area contributed by atoms with Crippen LogP contribution in [0.3, 0.4) is 0 Å². The van der Waals surface area contributed by atoms with Crippen LogP contribution in [0.15, 0.2) is 91.6 Å². The number of nitrogens with zero attached hydrogens (tertiary/aromatic N) is 5. The fourth-order valence-corrected chi connectivity index (χ4v) is 4.07. The van der Waals surface area contributed by atoms with Crippen LogP contribution in [0, 0.1) is 0 Å². The zero-order chi connectivity index (χ0) is 25.6. The summed E-state index contributed by atoms with van der Waals surface area (Å²) in [5, 5.41) is 12.0. The predicted octanol–water partition coefficient (Wildman–Crippen LogP) is 4.13. The Hall–Kier alpha value is -4.92. The number of ether oxygens (including phenoxy) is 2. The Bertz CT molecular complexity index is 1500. The van der Waals surface area contributed by atoms with E-state index in [1.165, 1.54) is 6.33 Å². The summed E-state index contributed by atoms with van der Waals surface area (Å²) in [5.41, 5.74) is 4.64. The van der Waals surface area contributed by atoms with Crippen molar-refractivity contribution in [1.82, 2.24) is 29.9 Å². The zero-order valence-corrected chi connectivity index (χ0v) is 20.5. The van der Waals surface area contributed by atoms with Gasteiger partial charge in [0.2, 0.25) is 0 Å². The third-order valence-electron chi connectivity index (χ3n) is 5.89. The molecule has 0 aliphatic carbocycles. The third kappa shape index (κ3) is 5.35. The summed E-state index contributed by atoms with van der Waals surface area (Å²) in [6.07, 6.45) is 4.93. The Morgan fingerprint density at radius 3 is 2.49 bits per heavy atom. The van der Waals surface area contributed by atoms with Crippen molar-refractivity contribution in [2.24, 2.45) is 0 Å². The van der Waals surface area contributed by atoms with Crippen molar-refractivity contribution in [3.8, 4) is 28.4 Å². The van der Waals surface area contributed by atoms with Gasteiger partial charge in [0, 0.05) is 18.3 Å². The Labute approximate surface area is 214 Å². The number of nitrogens with one attached hydrogen (secondary N) is 1. The first-order chi connectivity index (χ1) is 18.1. The standard InChI is InChI=1S/C28H26N6O3/c1-36-25-12-11-22(14-26(25)37-2)27-24(17-34(32-27)23-9-4-3-5-10-23)28(35)30-15-20-7-6-8-21(13-20)16-33-19-29-18-31-33/h3-14,17-19H,15-16H2,1-2H3,(H,30,35). The molecule has 0 saturated carbocycles. The molecule has 5 aromatic rings. The number of carbonyl (C=O) groups is 1. The van der Waals surface area contributed by atoms with Gasteiger partial charge in [0.25, 0.3) is 5.91 Å². The summed E-state index contributed by atoms with van der Waals surface area (Å²) in [6.45, 7) is 0.973. The van der Waals surface area contributed by atoms with Gasteiger partial charge in [-0.2, -0.15) is 10.2 Å². The number of carbonyl (C=O) groups excluding carboxylic acids is 1. The second-order valence-electron chi connectivity index (χ2n) is 8.34. The molecule has 186 valence electrons. The number of methoxy groups -OCH3 is 2. The first-order valence-corrected chi connectivity index (χ1v) is 11.7. The lowest BCUT2D eigenvalue weighted by Crippen LogP contribution is -2.23. The molecule has 0 radical (unpaired) electrons. The van der Waals surface area contributed by atoms with Crippen LogP contribution in [-0.2, 0) is 13.1 Å². The van der Waals surface area contributed by atoms with Gasteiger partial charge in [-0.25, -0.2) is 14.3 Å². The van der Waals surface area contributed by atoms with Gasteiger partial charge in [0.05, 0.1) is 32.0 Å². The van der Waals surface area contributed by atoms with Crippen LogP contribution in [0.4, 0.5) is 0 Å². The molecule has 0 saturated heterocycles. The second kappa shape index (κ2) is 10.8. The van der Waals surface area contributed by atoms with E-state index in [1.807, 2.05) is 66.7 Å². The molecule has 2 heterocycles. The van der Waals surface area contributed by atoms with Gasteiger partial charge in [0.1, 0.15) is 18.3 Å². The van der Waals surface area contributed by atoms with Crippen molar-refractivity contribution >= 4 is 5.91 Å². The van der Waals surface area contributed by atoms with Gasteiger partial charge in [0.15, 0.2) is 11.5 Å². The second-order valence-corrected chi connectivity index (χ2v) is 8.34. The molecule has 9 heteroatoms. The molecule has 0 bridgehead atoms. The molecule has 37 heavy (non-hydrogen) atoms. The van der Waals surface area contributed by atoms with Crippen LogP contribution < -0.4 is 14.8 Å². The molecule has 1 N–H and O–H groups in total. The fourth-order valence-electron chi connectivity index (χ4n) is 4.07. The Kier molecular flexibility index (Phi) is 6.93. The topological polar surface area (TPSA) is 96.1 Å². The zero-order valence-electron chi connectivity index (χ0n) is 20.5. The van der Waals surface area contributed by atoms with Gasteiger partial charge in [-0.05, 0) is 41.5 Å². The van der Waals surface area contributed by atoms with Crippen LogP contribution in [0.1, 0.15) is 21.5 Å².